The molecule has 1 aromatic heterocycles. The fraction of sp³-hybridized carbons (Fsp3) is 0.125. The average molecular weight is 477 g/mol. The number of amides is 3. The highest BCUT2D eigenvalue weighted by Gasteiger charge is 2.49. The van der Waals surface area contributed by atoms with E-state index in [0.29, 0.717) is 22.1 Å². The number of nitrogens with one attached hydrogen (secondary N) is 1. The Kier molecular flexibility index (Phi) is 4.44. The van der Waals surface area contributed by atoms with Crippen molar-refractivity contribution in [1.82, 2.24) is 10.2 Å². The number of imide groups is 1. The number of carbonyl (C=O) groups excluding carboxylic acids is 2. The van der Waals surface area contributed by atoms with E-state index in [2.05, 4.69) is 21.2 Å². The van der Waals surface area contributed by atoms with Crippen LogP contribution in [0.25, 0.3) is 21.7 Å². The zero-order valence-corrected chi connectivity index (χ0v) is 18.1. The van der Waals surface area contributed by atoms with E-state index in [1.54, 1.807) is 19.1 Å². The summed E-state index contributed by atoms with van der Waals surface area (Å²) in [5, 5.41) is 5.39. The van der Waals surface area contributed by atoms with Crippen molar-refractivity contribution in [2.75, 3.05) is 0 Å². The van der Waals surface area contributed by atoms with Crippen LogP contribution in [0.5, 0.6) is 0 Å². The van der Waals surface area contributed by atoms with Crippen molar-refractivity contribution in [3.8, 4) is 0 Å². The number of urea groups is 1. The van der Waals surface area contributed by atoms with E-state index in [0.717, 1.165) is 20.1 Å². The molecule has 3 amide bonds. The summed E-state index contributed by atoms with van der Waals surface area (Å²) < 4.78 is 6.12. The summed E-state index contributed by atoms with van der Waals surface area (Å²) >= 11 is 3.47. The van der Waals surface area contributed by atoms with Gasteiger partial charge in [-0.15, -0.1) is 0 Å². The third-order valence-corrected chi connectivity index (χ3v) is 6.42. The van der Waals surface area contributed by atoms with Gasteiger partial charge in [0.05, 0.1) is 6.54 Å². The Balaban J connectivity index is 1.63. The first-order chi connectivity index (χ1) is 14.9. The van der Waals surface area contributed by atoms with Gasteiger partial charge in [-0.3, -0.25) is 9.69 Å². The molecule has 0 aliphatic carbocycles. The molecule has 4 aromatic rings. The highest BCUT2D eigenvalue weighted by atomic mass is 79.9. The zero-order valence-electron chi connectivity index (χ0n) is 16.5. The van der Waals surface area contributed by atoms with Crippen LogP contribution in [0.2, 0.25) is 0 Å². The quantitative estimate of drug-likeness (QED) is 0.264. The van der Waals surface area contributed by atoms with E-state index >= 15 is 0 Å². The topological polar surface area (TPSA) is 79.6 Å². The number of hydrogen-bond acceptors (Lipinski definition) is 4. The van der Waals surface area contributed by atoms with Gasteiger partial charge in [0, 0.05) is 21.5 Å². The Morgan fingerprint density at radius 1 is 1.00 bits per heavy atom. The van der Waals surface area contributed by atoms with Gasteiger partial charge < -0.3 is 9.73 Å². The molecule has 1 fully saturated rings. The van der Waals surface area contributed by atoms with Gasteiger partial charge in [0.2, 0.25) is 0 Å². The van der Waals surface area contributed by atoms with E-state index in [1.165, 1.54) is 6.07 Å². The van der Waals surface area contributed by atoms with Crippen molar-refractivity contribution in [3.63, 3.8) is 0 Å². The molecular formula is C24H17BrN2O4. The average Bonchev–Trinajstić information content (AvgIpc) is 2.97. The molecule has 0 saturated carbocycles. The fourth-order valence-electron chi connectivity index (χ4n) is 4.20. The lowest BCUT2D eigenvalue weighted by Crippen LogP contribution is -2.41. The van der Waals surface area contributed by atoms with E-state index in [-0.39, 0.29) is 12.5 Å². The number of nitrogens with zero attached hydrogens (tertiary/aromatic N) is 1. The third kappa shape index (κ3) is 3.04. The van der Waals surface area contributed by atoms with E-state index in [9.17, 15) is 14.4 Å². The molecule has 0 spiro atoms. The monoisotopic (exact) mass is 476 g/mol. The summed E-state index contributed by atoms with van der Waals surface area (Å²) in [4.78, 5) is 39.6. The predicted molar refractivity (Wildman–Crippen MR) is 121 cm³/mol. The molecule has 6 nitrogen and oxygen atoms in total. The van der Waals surface area contributed by atoms with Gasteiger partial charge in [0.25, 0.3) is 5.91 Å². The molecule has 0 bridgehead atoms. The van der Waals surface area contributed by atoms with Gasteiger partial charge >= 0.3 is 11.7 Å². The molecule has 154 valence electrons. The van der Waals surface area contributed by atoms with Gasteiger partial charge in [-0.2, -0.15) is 0 Å². The molecule has 1 atom stereocenters. The zero-order chi connectivity index (χ0) is 21.8. The Labute approximate surface area is 185 Å². The minimum absolute atomic E-state index is 0.0409. The van der Waals surface area contributed by atoms with Crippen LogP contribution >= 0.6 is 15.9 Å². The largest absolute Gasteiger partial charge is 0.423 e. The number of carbonyl (C=O) groups is 2. The molecule has 1 aliphatic rings. The highest BCUT2D eigenvalue weighted by Crippen LogP contribution is 2.35. The highest BCUT2D eigenvalue weighted by molar-refractivity contribution is 9.10. The molecule has 2 heterocycles. The molecule has 31 heavy (non-hydrogen) atoms. The van der Waals surface area contributed by atoms with Gasteiger partial charge in [0.1, 0.15) is 11.1 Å². The summed E-state index contributed by atoms with van der Waals surface area (Å²) in [5.74, 6) is -0.383. The van der Waals surface area contributed by atoms with E-state index < -0.39 is 17.2 Å². The van der Waals surface area contributed by atoms with Crippen molar-refractivity contribution >= 4 is 49.6 Å². The Bertz CT molecular complexity index is 1440. The summed E-state index contributed by atoms with van der Waals surface area (Å²) in [6, 6.07) is 19.4. The van der Waals surface area contributed by atoms with Crippen LogP contribution in [0.1, 0.15) is 18.1 Å². The van der Waals surface area contributed by atoms with Crippen LogP contribution in [-0.4, -0.2) is 16.8 Å². The maximum atomic E-state index is 13.4. The number of halogens is 1. The number of rotatable bonds is 3. The molecular weight excluding hydrogens is 460 g/mol. The van der Waals surface area contributed by atoms with Gasteiger partial charge in [-0.05, 0) is 35.4 Å². The lowest BCUT2D eigenvalue weighted by Gasteiger charge is -2.23. The first kappa shape index (κ1) is 19.5. The van der Waals surface area contributed by atoms with Gasteiger partial charge in [-0.1, -0.05) is 64.5 Å². The van der Waals surface area contributed by atoms with E-state index in [1.807, 2.05) is 48.5 Å². The fourth-order valence-corrected chi connectivity index (χ4v) is 4.89. The molecule has 1 unspecified atom stereocenters. The smallest absolute Gasteiger partial charge is 0.336 e. The van der Waals surface area contributed by atoms with Crippen LogP contribution < -0.4 is 10.9 Å². The number of fused-ring (bicyclic) bond motifs is 3. The predicted octanol–water partition coefficient (Wildman–Crippen LogP) is 4.68. The second-order valence-electron chi connectivity index (χ2n) is 7.68. The minimum atomic E-state index is -1.21. The van der Waals surface area contributed by atoms with Crippen molar-refractivity contribution in [2.24, 2.45) is 0 Å². The first-order valence-corrected chi connectivity index (χ1v) is 10.5. The van der Waals surface area contributed by atoms with Crippen molar-refractivity contribution in [1.29, 1.82) is 0 Å². The van der Waals surface area contributed by atoms with Gasteiger partial charge in [0.15, 0.2) is 0 Å². The van der Waals surface area contributed by atoms with Crippen molar-refractivity contribution in [3.05, 3.63) is 92.7 Å². The maximum absolute atomic E-state index is 13.4. The second-order valence-corrected chi connectivity index (χ2v) is 8.53. The summed E-state index contributed by atoms with van der Waals surface area (Å²) in [7, 11) is 0. The standard InChI is InChI=1S/C24H17BrN2O4/c1-24(17-8-4-5-9-18(17)25)22(29)27(23(30)26-24)13-15-12-20(28)31-19-11-10-14-6-2-3-7-16(14)21(15)19/h2-12H,13H2,1H3,(H,26,30). The molecule has 0 radical (unpaired) electrons. The summed E-state index contributed by atoms with van der Waals surface area (Å²) in [6.45, 7) is 1.64. The van der Waals surface area contributed by atoms with Crippen LogP contribution in [0, 0.1) is 0 Å². The third-order valence-electron chi connectivity index (χ3n) is 5.73. The minimum Gasteiger partial charge on any atom is -0.423 e. The van der Waals surface area contributed by atoms with Crippen molar-refractivity contribution in [2.45, 2.75) is 19.0 Å². The van der Waals surface area contributed by atoms with Crippen LogP contribution in [0.4, 0.5) is 4.79 Å². The number of benzene rings is 3. The second kappa shape index (κ2) is 7.06. The Morgan fingerprint density at radius 2 is 1.74 bits per heavy atom. The first-order valence-electron chi connectivity index (χ1n) is 9.72. The summed E-state index contributed by atoms with van der Waals surface area (Å²) in [6.07, 6.45) is 0. The lowest BCUT2D eigenvalue weighted by molar-refractivity contribution is -0.131. The molecule has 1 saturated heterocycles. The molecule has 1 N–H and O–H groups in total. The van der Waals surface area contributed by atoms with Crippen LogP contribution in [0.15, 0.2) is 80.4 Å². The maximum Gasteiger partial charge on any atom is 0.336 e. The van der Waals surface area contributed by atoms with Crippen molar-refractivity contribution < 1.29 is 14.0 Å². The van der Waals surface area contributed by atoms with Gasteiger partial charge in [-0.25, -0.2) is 9.59 Å². The normalized spacial score (nSPS) is 18.7. The Hall–Kier alpha value is -3.45. The molecule has 7 heteroatoms. The Morgan fingerprint density at radius 3 is 2.55 bits per heavy atom. The lowest BCUT2D eigenvalue weighted by atomic mass is 9.92. The number of hydrogen-bond donors (Lipinski definition) is 1. The van der Waals surface area contributed by atoms with Crippen LogP contribution in [0.3, 0.4) is 0 Å². The van der Waals surface area contributed by atoms with Crippen LogP contribution in [-0.2, 0) is 16.9 Å². The molecule has 3 aromatic carbocycles. The van der Waals surface area contributed by atoms with E-state index in [4.69, 9.17) is 4.42 Å². The summed E-state index contributed by atoms with van der Waals surface area (Å²) in [5.41, 5.74) is -0.101. The molecule has 5 rings (SSSR count). The molecule has 1 aliphatic heterocycles. The SMILES string of the molecule is CC1(c2ccccc2Br)NC(=O)N(Cc2cc(=O)oc3ccc4ccccc4c23)C1=O.